The van der Waals surface area contributed by atoms with Crippen LogP contribution in [0.3, 0.4) is 0 Å². The molecule has 1 aliphatic rings. The van der Waals surface area contributed by atoms with Gasteiger partial charge in [0, 0.05) is 32.0 Å². The Bertz CT molecular complexity index is 992. The van der Waals surface area contributed by atoms with E-state index in [0.717, 1.165) is 5.69 Å². The molecule has 0 aliphatic carbocycles. The molecule has 0 spiro atoms. The second-order valence-electron chi connectivity index (χ2n) is 7.00. The molecule has 164 valence electrons. The zero-order valence-electron chi connectivity index (χ0n) is 17.3. The monoisotopic (exact) mass is 429 g/mol. The number of aryl methyl sites for hydroxylation is 1. The Hall–Kier alpha value is -3.38. The predicted molar refractivity (Wildman–Crippen MR) is 112 cm³/mol. The van der Waals surface area contributed by atoms with E-state index < -0.39 is 5.82 Å². The number of halogens is 1. The molecule has 12 heteroatoms. The van der Waals surface area contributed by atoms with E-state index in [2.05, 4.69) is 40.8 Å². The molecule has 3 aromatic heterocycles. The van der Waals surface area contributed by atoms with E-state index in [1.54, 1.807) is 13.2 Å². The van der Waals surface area contributed by atoms with Crippen molar-refractivity contribution in [2.45, 2.75) is 13.0 Å². The van der Waals surface area contributed by atoms with Crippen molar-refractivity contribution in [3.8, 4) is 0 Å². The fourth-order valence-electron chi connectivity index (χ4n) is 3.10. The number of morpholine rings is 1. The first kappa shape index (κ1) is 20.9. The number of aromatic nitrogens is 6. The molecule has 1 aliphatic heterocycles. The van der Waals surface area contributed by atoms with Crippen LogP contribution in [-0.4, -0.2) is 70.2 Å². The maximum Gasteiger partial charge on any atom is 0.235 e. The number of nitrogens with one attached hydrogen (secondary N) is 3. The van der Waals surface area contributed by atoms with Crippen LogP contribution >= 0.6 is 0 Å². The van der Waals surface area contributed by atoms with Crippen LogP contribution in [0.25, 0.3) is 0 Å². The van der Waals surface area contributed by atoms with Crippen LogP contribution in [0.15, 0.2) is 24.4 Å². The molecule has 1 saturated heterocycles. The minimum Gasteiger partial charge on any atom is -0.382 e. The van der Waals surface area contributed by atoms with Gasteiger partial charge in [0.1, 0.15) is 5.82 Å². The number of rotatable bonds is 8. The van der Waals surface area contributed by atoms with Gasteiger partial charge in [-0.2, -0.15) is 20.1 Å². The highest BCUT2D eigenvalue weighted by molar-refractivity contribution is 5.52. The second kappa shape index (κ2) is 9.62. The molecule has 3 aromatic rings. The highest BCUT2D eigenvalue weighted by Crippen LogP contribution is 2.21. The first-order valence-corrected chi connectivity index (χ1v) is 9.85. The number of aromatic amines is 1. The molecule has 0 amide bonds. The van der Waals surface area contributed by atoms with E-state index in [1.165, 1.54) is 12.3 Å². The van der Waals surface area contributed by atoms with Crippen LogP contribution < -0.4 is 15.5 Å². The molecule has 3 N–H and O–H groups in total. The summed E-state index contributed by atoms with van der Waals surface area (Å²) in [5, 5.41) is 13.4. The predicted octanol–water partition coefficient (Wildman–Crippen LogP) is 1.82. The van der Waals surface area contributed by atoms with Crippen molar-refractivity contribution in [2.24, 2.45) is 0 Å². The summed E-state index contributed by atoms with van der Waals surface area (Å²) in [6, 6.07) is 4.42. The van der Waals surface area contributed by atoms with Crippen molar-refractivity contribution in [3.63, 3.8) is 0 Å². The maximum absolute atomic E-state index is 13.3. The third kappa shape index (κ3) is 5.41. The van der Waals surface area contributed by atoms with Gasteiger partial charge in [0.05, 0.1) is 37.8 Å². The number of methoxy groups -OCH3 is 1. The fraction of sp³-hybridized carbons (Fsp3) is 0.421. The van der Waals surface area contributed by atoms with Gasteiger partial charge in [0.2, 0.25) is 17.8 Å². The minimum atomic E-state index is -0.407. The fourth-order valence-corrected chi connectivity index (χ4v) is 3.10. The van der Waals surface area contributed by atoms with Crippen molar-refractivity contribution >= 4 is 23.7 Å². The molecule has 1 atom stereocenters. The van der Waals surface area contributed by atoms with Gasteiger partial charge in [0.25, 0.3) is 0 Å². The van der Waals surface area contributed by atoms with Crippen LogP contribution in [0.2, 0.25) is 0 Å². The molecular formula is C19H24FN9O2. The SMILES string of the molecule is COCC(Nc1nc(Nc2cc(C)[nH]n2)nc(N2CCOCC2)n1)c1ccc(F)cn1. The van der Waals surface area contributed by atoms with Crippen LogP contribution in [0.1, 0.15) is 17.4 Å². The summed E-state index contributed by atoms with van der Waals surface area (Å²) in [5.41, 5.74) is 1.51. The average molecular weight is 429 g/mol. The Labute approximate surface area is 178 Å². The molecule has 4 heterocycles. The van der Waals surface area contributed by atoms with Crippen LogP contribution in [0.4, 0.5) is 28.1 Å². The summed E-state index contributed by atoms with van der Waals surface area (Å²) < 4.78 is 24.0. The smallest absolute Gasteiger partial charge is 0.235 e. The topological polar surface area (TPSA) is 126 Å². The third-order valence-electron chi connectivity index (χ3n) is 4.61. The molecular weight excluding hydrogens is 405 g/mol. The van der Waals surface area contributed by atoms with Gasteiger partial charge in [0.15, 0.2) is 5.82 Å². The normalized spacial score (nSPS) is 15.0. The van der Waals surface area contributed by atoms with Crippen molar-refractivity contribution in [1.82, 2.24) is 30.1 Å². The Kier molecular flexibility index (Phi) is 6.48. The number of nitrogens with zero attached hydrogens (tertiary/aromatic N) is 6. The van der Waals surface area contributed by atoms with E-state index in [4.69, 9.17) is 9.47 Å². The summed E-state index contributed by atoms with van der Waals surface area (Å²) in [4.78, 5) is 19.8. The molecule has 1 fully saturated rings. The molecule has 0 aromatic carbocycles. The first-order valence-electron chi connectivity index (χ1n) is 9.85. The van der Waals surface area contributed by atoms with Gasteiger partial charge in [-0.1, -0.05) is 0 Å². The maximum atomic E-state index is 13.3. The molecule has 0 bridgehead atoms. The van der Waals surface area contributed by atoms with Gasteiger partial charge in [-0.25, -0.2) is 4.39 Å². The number of H-pyrrole nitrogens is 1. The van der Waals surface area contributed by atoms with Gasteiger partial charge in [-0.3, -0.25) is 10.1 Å². The summed E-state index contributed by atoms with van der Waals surface area (Å²) in [7, 11) is 1.58. The van der Waals surface area contributed by atoms with Crippen molar-refractivity contribution in [1.29, 1.82) is 0 Å². The second-order valence-corrected chi connectivity index (χ2v) is 7.00. The van der Waals surface area contributed by atoms with Crippen LogP contribution in [-0.2, 0) is 9.47 Å². The van der Waals surface area contributed by atoms with Gasteiger partial charge in [-0.05, 0) is 19.1 Å². The number of hydrogen-bond donors (Lipinski definition) is 3. The minimum absolute atomic E-state index is 0.290. The van der Waals surface area contributed by atoms with E-state index in [0.29, 0.717) is 62.3 Å². The summed E-state index contributed by atoms with van der Waals surface area (Å²) in [5.74, 6) is 1.37. The standard InChI is InChI=1S/C19H24FN9O2/c1-12-9-16(28-27-12)23-18-24-17(25-19(26-18)29-5-7-31-8-6-29)22-15(11-30-2)14-4-3-13(20)10-21-14/h3-4,9-10,15H,5-8,11H2,1-2H3,(H3,22,23,24,25,26,27,28). The van der Waals surface area contributed by atoms with E-state index in [9.17, 15) is 4.39 Å². The van der Waals surface area contributed by atoms with Crippen LogP contribution in [0.5, 0.6) is 0 Å². The molecule has 31 heavy (non-hydrogen) atoms. The van der Waals surface area contributed by atoms with E-state index in [-0.39, 0.29) is 6.04 Å². The zero-order chi connectivity index (χ0) is 21.6. The number of pyridine rings is 1. The molecule has 1 unspecified atom stereocenters. The van der Waals surface area contributed by atoms with Crippen LogP contribution in [0, 0.1) is 12.7 Å². The van der Waals surface area contributed by atoms with E-state index in [1.807, 2.05) is 17.9 Å². The molecule has 0 saturated carbocycles. The van der Waals surface area contributed by atoms with Gasteiger partial charge >= 0.3 is 0 Å². The zero-order valence-corrected chi connectivity index (χ0v) is 17.3. The summed E-state index contributed by atoms with van der Waals surface area (Å²) in [6.45, 7) is 4.74. The lowest BCUT2D eigenvalue weighted by Gasteiger charge is -2.27. The highest BCUT2D eigenvalue weighted by atomic mass is 19.1. The Balaban J connectivity index is 1.63. The molecule has 0 radical (unpaired) electrons. The summed E-state index contributed by atoms with van der Waals surface area (Å²) in [6.07, 6.45) is 1.17. The van der Waals surface area contributed by atoms with Gasteiger partial charge < -0.3 is 25.0 Å². The lowest BCUT2D eigenvalue weighted by molar-refractivity contribution is 0.122. The average Bonchev–Trinajstić information content (AvgIpc) is 3.19. The quantitative estimate of drug-likeness (QED) is 0.488. The Morgan fingerprint density at radius 2 is 2.03 bits per heavy atom. The number of anilines is 4. The highest BCUT2D eigenvalue weighted by Gasteiger charge is 2.20. The first-order chi connectivity index (χ1) is 15.1. The third-order valence-corrected chi connectivity index (χ3v) is 4.61. The molecule has 11 nitrogen and oxygen atoms in total. The van der Waals surface area contributed by atoms with Crippen molar-refractivity contribution in [3.05, 3.63) is 41.6 Å². The lowest BCUT2D eigenvalue weighted by atomic mass is 10.2. The molecule has 4 rings (SSSR count). The number of hydrogen-bond acceptors (Lipinski definition) is 10. The van der Waals surface area contributed by atoms with Crippen molar-refractivity contribution in [2.75, 3.05) is 55.6 Å². The van der Waals surface area contributed by atoms with Crippen molar-refractivity contribution < 1.29 is 13.9 Å². The largest absolute Gasteiger partial charge is 0.382 e. The Morgan fingerprint density at radius 1 is 1.23 bits per heavy atom. The lowest BCUT2D eigenvalue weighted by Crippen LogP contribution is -2.37. The van der Waals surface area contributed by atoms with Gasteiger partial charge in [-0.15, -0.1) is 0 Å². The Morgan fingerprint density at radius 3 is 2.71 bits per heavy atom. The summed E-state index contributed by atoms with van der Waals surface area (Å²) >= 11 is 0. The number of ether oxygens (including phenoxy) is 2. The van der Waals surface area contributed by atoms with E-state index >= 15 is 0 Å².